The predicted octanol–water partition coefficient (Wildman–Crippen LogP) is 4.61. The van der Waals surface area contributed by atoms with E-state index in [-0.39, 0.29) is 0 Å². The molecule has 0 saturated heterocycles. The second-order valence-electron chi connectivity index (χ2n) is 4.17. The third-order valence-electron chi connectivity index (χ3n) is 2.13. The normalized spacial score (nSPS) is 13.8. The van der Waals surface area contributed by atoms with Gasteiger partial charge < -0.3 is 0 Å². The van der Waals surface area contributed by atoms with Gasteiger partial charge in [0, 0.05) is 5.38 Å². The van der Waals surface area contributed by atoms with Crippen molar-refractivity contribution in [3.63, 3.8) is 0 Å². The molecule has 0 N–H and O–H groups in total. The first-order valence-electron chi connectivity index (χ1n) is 5.27. The van der Waals surface area contributed by atoms with Crippen LogP contribution in [-0.2, 0) is 0 Å². The van der Waals surface area contributed by atoms with Gasteiger partial charge in [-0.3, -0.25) is 0 Å². The fourth-order valence-electron chi connectivity index (χ4n) is 1.33. The first-order valence-corrected chi connectivity index (χ1v) is 5.70. The largest absolute Gasteiger partial charge is 0.123 e. The molecular formula is C11H23Cl. The summed E-state index contributed by atoms with van der Waals surface area (Å²) in [4.78, 5) is 0. The standard InChI is InChI=1S/C11H23Cl/c1-10(2)8-6-4-5-7-9-11(3)12/h10-11H,4-9H2,1-3H3. The maximum atomic E-state index is 5.84. The molecule has 0 aromatic heterocycles. The Morgan fingerprint density at radius 1 is 0.833 bits per heavy atom. The maximum Gasteiger partial charge on any atom is 0.0307 e. The minimum Gasteiger partial charge on any atom is -0.123 e. The number of rotatable bonds is 7. The molecule has 0 nitrogen and oxygen atoms in total. The maximum absolute atomic E-state index is 5.84. The van der Waals surface area contributed by atoms with Crippen LogP contribution in [0.15, 0.2) is 0 Å². The van der Waals surface area contributed by atoms with Crippen LogP contribution in [0, 0.1) is 5.92 Å². The monoisotopic (exact) mass is 190 g/mol. The molecule has 0 bridgehead atoms. The van der Waals surface area contributed by atoms with Gasteiger partial charge in [-0.05, 0) is 19.3 Å². The summed E-state index contributed by atoms with van der Waals surface area (Å²) in [7, 11) is 0. The highest BCUT2D eigenvalue weighted by atomic mass is 35.5. The summed E-state index contributed by atoms with van der Waals surface area (Å²) in [5, 5.41) is 0.370. The molecule has 0 aliphatic carbocycles. The fourth-order valence-corrected chi connectivity index (χ4v) is 1.49. The second-order valence-corrected chi connectivity index (χ2v) is 4.91. The molecule has 0 spiro atoms. The molecule has 0 aliphatic heterocycles. The summed E-state index contributed by atoms with van der Waals surface area (Å²) in [5.74, 6) is 0.872. The lowest BCUT2D eigenvalue weighted by Crippen LogP contribution is -1.91. The molecule has 1 unspecified atom stereocenters. The van der Waals surface area contributed by atoms with E-state index in [9.17, 15) is 0 Å². The van der Waals surface area contributed by atoms with Gasteiger partial charge in [-0.1, -0.05) is 46.0 Å². The van der Waals surface area contributed by atoms with Crippen molar-refractivity contribution in [3.8, 4) is 0 Å². The van der Waals surface area contributed by atoms with Crippen molar-refractivity contribution in [1.82, 2.24) is 0 Å². The van der Waals surface area contributed by atoms with E-state index in [0.717, 1.165) is 5.92 Å². The molecule has 0 heterocycles. The lowest BCUT2D eigenvalue weighted by atomic mass is 10.0. The lowest BCUT2D eigenvalue weighted by molar-refractivity contribution is 0.514. The molecular weight excluding hydrogens is 168 g/mol. The van der Waals surface area contributed by atoms with Gasteiger partial charge in [0.2, 0.25) is 0 Å². The van der Waals surface area contributed by atoms with E-state index in [1.165, 1.54) is 38.5 Å². The Labute approximate surface area is 82.7 Å². The van der Waals surface area contributed by atoms with E-state index >= 15 is 0 Å². The Morgan fingerprint density at radius 3 is 1.75 bits per heavy atom. The van der Waals surface area contributed by atoms with Crippen LogP contribution in [0.2, 0.25) is 0 Å². The topological polar surface area (TPSA) is 0 Å². The molecule has 0 radical (unpaired) electrons. The van der Waals surface area contributed by atoms with E-state index in [1.807, 2.05) is 0 Å². The van der Waals surface area contributed by atoms with Crippen LogP contribution in [0.4, 0.5) is 0 Å². The Hall–Kier alpha value is 0.290. The van der Waals surface area contributed by atoms with Gasteiger partial charge in [-0.2, -0.15) is 0 Å². The zero-order chi connectivity index (χ0) is 9.40. The Bertz CT molecular complexity index is 75.0. The van der Waals surface area contributed by atoms with E-state index < -0.39 is 0 Å². The van der Waals surface area contributed by atoms with Gasteiger partial charge in [0.15, 0.2) is 0 Å². The van der Waals surface area contributed by atoms with Crippen molar-refractivity contribution >= 4 is 11.6 Å². The van der Waals surface area contributed by atoms with Crippen LogP contribution >= 0.6 is 11.6 Å². The van der Waals surface area contributed by atoms with Crippen molar-refractivity contribution in [2.45, 2.75) is 64.7 Å². The highest BCUT2D eigenvalue weighted by Gasteiger charge is 1.97. The van der Waals surface area contributed by atoms with Gasteiger partial charge in [0.1, 0.15) is 0 Å². The van der Waals surface area contributed by atoms with Crippen LogP contribution in [0.1, 0.15) is 59.3 Å². The third-order valence-corrected chi connectivity index (χ3v) is 2.35. The van der Waals surface area contributed by atoms with Crippen molar-refractivity contribution in [1.29, 1.82) is 0 Å². The number of hydrogen-bond acceptors (Lipinski definition) is 0. The predicted molar refractivity (Wildman–Crippen MR) is 57.9 cm³/mol. The molecule has 0 aliphatic rings. The molecule has 0 aromatic rings. The highest BCUT2D eigenvalue weighted by Crippen LogP contribution is 2.12. The fraction of sp³-hybridized carbons (Fsp3) is 1.00. The molecule has 0 fully saturated rings. The molecule has 0 saturated carbocycles. The summed E-state index contributed by atoms with van der Waals surface area (Å²) < 4.78 is 0. The minimum absolute atomic E-state index is 0.370. The van der Waals surface area contributed by atoms with Crippen molar-refractivity contribution in [3.05, 3.63) is 0 Å². The molecule has 0 aromatic carbocycles. The third kappa shape index (κ3) is 10.3. The van der Waals surface area contributed by atoms with E-state index in [0.29, 0.717) is 5.38 Å². The summed E-state index contributed by atoms with van der Waals surface area (Å²) in [6, 6.07) is 0. The molecule has 1 atom stereocenters. The van der Waals surface area contributed by atoms with Gasteiger partial charge in [0.25, 0.3) is 0 Å². The molecule has 1 heteroatoms. The minimum atomic E-state index is 0.370. The average Bonchev–Trinajstić information content (AvgIpc) is 1.95. The first-order chi connectivity index (χ1) is 5.63. The van der Waals surface area contributed by atoms with Crippen LogP contribution in [0.3, 0.4) is 0 Å². The van der Waals surface area contributed by atoms with Gasteiger partial charge in [0.05, 0.1) is 0 Å². The molecule has 12 heavy (non-hydrogen) atoms. The molecule has 74 valence electrons. The molecule has 0 amide bonds. The van der Waals surface area contributed by atoms with Gasteiger partial charge in [-0.25, -0.2) is 0 Å². The van der Waals surface area contributed by atoms with Crippen LogP contribution in [0.25, 0.3) is 0 Å². The first kappa shape index (κ1) is 12.3. The SMILES string of the molecule is CC(C)CCCCCCC(C)Cl. The zero-order valence-corrected chi connectivity index (χ0v) is 9.53. The summed E-state index contributed by atoms with van der Waals surface area (Å²) in [6.45, 7) is 6.66. The number of halogens is 1. The van der Waals surface area contributed by atoms with Crippen LogP contribution in [-0.4, -0.2) is 5.38 Å². The van der Waals surface area contributed by atoms with Gasteiger partial charge >= 0.3 is 0 Å². The van der Waals surface area contributed by atoms with E-state index in [1.54, 1.807) is 0 Å². The van der Waals surface area contributed by atoms with Crippen LogP contribution in [0.5, 0.6) is 0 Å². The molecule has 0 rings (SSSR count). The zero-order valence-electron chi connectivity index (χ0n) is 8.78. The van der Waals surface area contributed by atoms with Crippen LogP contribution < -0.4 is 0 Å². The Morgan fingerprint density at radius 2 is 1.33 bits per heavy atom. The second kappa shape index (κ2) is 7.91. The van der Waals surface area contributed by atoms with Crippen molar-refractivity contribution in [2.75, 3.05) is 0 Å². The highest BCUT2D eigenvalue weighted by molar-refractivity contribution is 6.20. The van der Waals surface area contributed by atoms with Crippen molar-refractivity contribution in [2.24, 2.45) is 5.92 Å². The average molecular weight is 191 g/mol. The van der Waals surface area contributed by atoms with Crippen molar-refractivity contribution < 1.29 is 0 Å². The Kier molecular flexibility index (Phi) is 8.11. The quantitative estimate of drug-likeness (QED) is 0.406. The summed E-state index contributed by atoms with van der Waals surface area (Å²) in [6.07, 6.45) is 8.03. The van der Waals surface area contributed by atoms with E-state index in [4.69, 9.17) is 11.6 Å². The smallest absolute Gasteiger partial charge is 0.0307 e. The number of alkyl halides is 1. The lowest BCUT2D eigenvalue weighted by Gasteiger charge is -2.04. The van der Waals surface area contributed by atoms with E-state index in [2.05, 4.69) is 20.8 Å². The summed E-state index contributed by atoms with van der Waals surface area (Å²) in [5.41, 5.74) is 0. The number of unbranched alkanes of at least 4 members (excludes halogenated alkanes) is 3. The Balaban J connectivity index is 2.91. The summed E-state index contributed by atoms with van der Waals surface area (Å²) >= 11 is 5.84. The van der Waals surface area contributed by atoms with Gasteiger partial charge in [-0.15, -0.1) is 11.6 Å². The number of hydrogen-bond donors (Lipinski definition) is 0.